The molecule has 0 saturated carbocycles. The molecule has 0 bridgehead atoms. The van der Waals surface area contributed by atoms with Gasteiger partial charge in [0.15, 0.2) is 5.96 Å². The first-order valence-electron chi connectivity index (χ1n) is 9.47. The van der Waals surface area contributed by atoms with Gasteiger partial charge in [0, 0.05) is 36.8 Å². The lowest BCUT2D eigenvalue weighted by molar-refractivity contribution is 0.0954. The van der Waals surface area contributed by atoms with Crippen LogP contribution in [-0.4, -0.2) is 62.6 Å². The minimum atomic E-state index is -0.101. The summed E-state index contributed by atoms with van der Waals surface area (Å²) in [6, 6.07) is 6.87. The second kappa shape index (κ2) is 14.0. The van der Waals surface area contributed by atoms with Crippen molar-refractivity contribution in [3.05, 3.63) is 34.9 Å². The van der Waals surface area contributed by atoms with Crippen LogP contribution in [0.1, 0.15) is 36.5 Å². The van der Waals surface area contributed by atoms with Crippen molar-refractivity contribution in [2.75, 3.05) is 45.8 Å². The first-order valence-corrected chi connectivity index (χ1v) is 9.85. The summed E-state index contributed by atoms with van der Waals surface area (Å²) < 4.78 is 0. The van der Waals surface area contributed by atoms with E-state index < -0.39 is 0 Å². The van der Waals surface area contributed by atoms with Gasteiger partial charge in [-0.1, -0.05) is 18.0 Å². The predicted molar refractivity (Wildman–Crippen MR) is 123 cm³/mol. The Morgan fingerprint density at radius 2 is 1.74 bits per heavy atom. The number of benzene rings is 1. The number of hydrogen-bond acceptors (Lipinski definition) is 3. The number of aliphatic imine (C=N–C) groups is 1. The Kier molecular flexibility index (Phi) is 12.4. The van der Waals surface area contributed by atoms with Crippen LogP contribution in [0.4, 0.5) is 0 Å². The molecule has 6 nitrogen and oxygen atoms in total. The van der Waals surface area contributed by atoms with E-state index in [0.29, 0.717) is 23.7 Å². The van der Waals surface area contributed by atoms with Crippen LogP contribution in [0.5, 0.6) is 0 Å². The van der Waals surface area contributed by atoms with Crippen LogP contribution in [-0.2, 0) is 0 Å². The molecule has 27 heavy (non-hydrogen) atoms. The van der Waals surface area contributed by atoms with Crippen LogP contribution in [0, 0.1) is 0 Å². The maximum absolute atomic E-state index is 12.0. The van der Waals surface area contributed by atoms with Crippen molar-refractivity contribution in [2.45, 2.75) is 26.2 Å². The van der Waals surface area contributed by atoms with E-state index in [-0.39, 0.29) is 29.9 Å². The summed E-state index contributed by atoms with van der Waals surface area (Å²) in [5, 5.41) is 10.0. The fourth-order valence-corrected chi connectivity index (χ4v) is 3.01. The van der Waals surface area contributed by atoms with Crippen LogP contribution < -0.4 is 16.0 Å². The highest BCUT2D eigenvalue weighted by molar-refractivity contribution is 14.0. The molecule has 0 aliphatic carbocycles. The van der Waals surface area contributed by atoms with Gasteiger partial charge in [-0.2, -0.15) is 0 Å². The second-order valence-corrected chi connectivity index (χ2v) is 6.79. The van der Waals surface area contributed by atoms with E-state index in [4.69, 9.17) is 11.6 Å². The molecule has 0 spiro atoms. The number of nitrogens with zero attached hydrogens (tertiary/aromatic N) is 2. The number of hydrogen-bond donors (Lipinski definition) is 3. The predicted octanol–water partition coefficient (Wildman–Crippen LogP) is 2.73. The van der Waals surface area contributed by atoms with E-state index in [1.165, 1.54) is 32.4 Å². The van der Waals surface area contributed by atoms with Crippen molar-refractivity contribution in [3.63, 3.8) is 0 Å². The number of amides is 1. The van der Waals surface area contributed by atoms with Crippen LogP contribution in [0.3, 0.4) is 0 Å². The smallest absolute Gasteiger partial charge is 0.251 e. The molecule has 2 rings (SSSR count). The average molecular weight is 508 g/mol. The molecule has 1 aromatic carbocycles. The maximum atomic E-state index is 12.0. The molecule has 1 fully saturated rings. The number of halogens is 2. The van der Waals surface area contributed by atoms with Gasteiger partial charge in [0.1, 0.15) is 0 Å². The molecule has 8 heteroatoms. The van der Waals surface area contributed by atoms with Crippen molar-refractivity contribution in [2.24, 2.45) is 4.99 Å². The third kappa shape index (κ3) is 9.62. The third-order valence-electron chi connectivity index (χ3n) is 4.29. The summed E-state index contributed by atoms with van der Waals surface area (Å²) in [6.07, 6.45) is 3.95. The highest BCUT2D eigenvalue weighted by Gasteiger charge is 2.09. The first-order chi connectivity index (χ1) is 12.7. The van der Waals surface area contributed by atoms with Crippen molar-refractivity contribution < 1.29 is 4.79 Å². The van der Waals surface area contributed by atoms with Crippen LogP contribution >= 0.6 is 35.6 Å². The summed E-state index contributed by atoms with van der Waals surface area (Å²) >= 11 is 5.83. The Bertz CT molecular complexity index is 576. The molecule has 1 aliphatic rings. The highest BCUT2D eigenvalue weighted by Crippen LogP contribution is 2.09. The Morgan fingerprint density at radius 3 is 2.41 bits per heavy atom. The number of rotatable bonds is 8. The molecule has 0 aromatic heterocycles. The topological polar surface area (TPSA) is 68.8 Å². The molecule has 1 heterocycles. The minimum Gasteiger partial charge on any atom is -0.357 e. The molecule has 1 aliphatic heterocycles. The number of carbonyl (C=O) groups excluding carboxylic acids is 1. The number of carbonyl (C=O) groups is 1. The average Bonchev–Trinajstić information content (AvgIpc) is 2.66. The lowest BCUT2D eigenvalue weighted by Gasteiger charge is -2.25. The van der Waals surface area contributed by atoms with Gasteiger partial charge < -0.3 is 20.9 Å². The summed E-state index contributed by atoms with van der Waals surface area (Å²) in [4.78, 5) is 19.1. The Morgan fingerprint density at radius 1 is 1.07 bits per heavy atom. The van der Waals surface area contributed by atoms with E-state index in [9.17, 15) is 4.79 Å². The molecule has 152 valence electrons. The fourth-order valence-electron chi connectivity index (χ4n) is 2.89. The molecule has 1 amide bonds. The number of nitrogens with one attached hydrogen (secondary N) is 3. The van der Waals surface area contributed by atoms with E-state index in [1.54, 1.807) is 24.3 Å². The lowest BCUT2D eigenvalue weighted by Crippen LogP contribution is -2.42. The van der Waals surface area contributed by atoms with E-state index in [2.05, 4.69) is 25.8 Å². The monoisotopic (exact) mass is 507 g/mol. The van der Waals surface area contributed by atoms with E-state index >= 15 is 0 Å². The van der Waals surface area contributed by atoms with Gasteiger partial charge >= 0.3 is 0 Å². The SMILES string of the molecule is CCNC(=NCCN1CCCCC1)NCCNC(=O)c1ccc(Cl)cc1.I. The summed E-state index contributed by atoms with van der Waals surface area (Å²) in [7, 11) is 0. The Balaban J connectivity index is 0.00000364. The molecule has 1 saturated heterocycles. The maximum Gasteiger partial charge on any atom is 0.251 e. The van der Waals surface area contributed by atoms with Crippen molar-refractivity contribution >= 4 is 47.4 Å². The molecule has 0 unspecified atom stereocenters. The summed E-state index contributed by atoms with van der Waals surface area (Å²) in [5.41, 5.74) is 0.608. The lowest BCUT2D eigenvalue weighted by atomic mass is 10.1. The van der Waals surface area contributed by atoms with Gasteiger partial charge in [0.2, 0.25) is 0 Å². The van der Waals surface area contributed by atoms with Gasteiger partial charge in [0.05, 0.1) is 6.54 Å². The van der Waals surface area contributed by atoms with Crippen molar-refractivity contribution in [1.82, 2.24) is 20.9 Å². The molecule has 3 N–H and O–H groups in total. The Hall–Kier alpha value is -1.06. The van der Waals surface area contributed by atoms with Crippen LogP contribution in [0.25, 0.3) is 0 Å². The quantitative estimate of drug-likeness (QED) is 0.219. The van der Waals surface area contributed by atoms with Gasteiger partial charge in [0.25, 0.3) is 5.91 Å². The summed E-state index contributed by atoms with van der Waals surface area (Å²) in [6.45, 7) is 8.17. The largest absolute Gasteiger partial charge is 0.357 e. The van der Waals surface area contributed by atoms with Gasteiger partial charge in [-0.05, 0) is 57.1 Å². The molecular formula is C19H31ClIN5O. The van der Waals surface area contributed by atoms with Crippen LogP contribution in [0.15, 0.2) is 29.3 Å². The zero-order valence-corrected chi connectivity index (χ0v) is 19.1. The van der Waals surface area contributed by atoms with E-state index in [1.807, 2.05) is 6.92 Å². The second-order valence-electron chi connectivity index (χ2n) is 6.35. The normalized spacial score (nSPS) is 15.0. The summed E-state index contributed by atoms with van der Waals surface area (Å²) in [5.74, 6) is 0.695. The minimum absolute atomic E-state index is 0. The zero-order valence-electron chi connectivity index (χ0n) is 16.0. The number of guanidine groups is 1. The van der Waals surface area contributed by atoms with Crippen molar-refractivity contribution in [3.8, 4) is 0 Å². The number of piperidine rings is 1. The third-order valence-corrected chi connectivity index (χ3v) is 4.54. The first kappa shape index (κ1) is 24.0. The van der Waals surface area contributed by atoms with E-state index in [0.717, 1.165) is 25.6 Å². The fraction of sp³-hybridized carbons (Fsp3) is 0.579. The van der Waals surface area contributed by atoms with Crippen molar-refractivity contribution in [1.29, 1.82) is 0 Å². The highest BCUT2D eigenvalue weighted by atomic mass is 127. The van der Waals surface area contributed by atoms with Gasteiger partial charge in [-0.25, -0.2) is 0 Å². The molecule has 0 radical (unpaired) electrons. The molecule has 1 aromatic rings. The molecular weight excluding hydrogens is 477 g/mol. The van der Waals surface area contributed by atoms with Gasteiger partial charge in [-0.3, -0.25) is 9.79 Å². The van der Waals surface area contributed by atoms with Crippen LogP contribution in [0.2, 0.25) is 5.02 Å². The van der Waals surface area contributed by atoms with Gasteiger partial charge in [-0.15, -0.1) is 24.0 Å². The molecule has 0 atom stereocenters. The Labute approximate surface area is 184 Å². The zero-order chi connectivity index (χ0) is 18.6. The number of likely N-dealkylation sites (tertiary alicyclic amines) is 1. The standard InChI is InChI=1S/C19H30ClN5O.HI/c1-2-21-19(24-12-15-25-13-4-3-5-14-25)23-11-10-22-18(26)16-6-8-17(20)9-7-16;/h6-9H,2-5,10-15H2,1H3,(H,22,26)(H2,21,23,24);1H.